The van der Waals surface area contributed by atoms with E-state index in [0.29, 0.717) is 16.5 Å². The van der Waals surface area contributed by atoms with E-state index in [1.807, 2.05) is 24.3 Å². The number of aromatic carboxylic acids is 1. The molecule has 23 heavy (non-hydrogen) atoms. The summed E-state index contributed by atoms with van der Waals surface area (Å²) < 4.78 is 5.34. The van der Waals surface area contributed by atoms with Crippen LogP contribution in [-0.2, 0) is 11.3 Å². The molecule has 120 valence electrons. The Hall–Kier alpha value is -2.27. The summed E-state index contributed by atoms with van der Waals surface area (Å²) in [5.41, 5.74) is 1.19. The number of carbonyl (C=O) groups excluding carboxylic acids is 1. The van der Waals surface area contributed by atoms with Crippen molar-refractivity contribution in [2.75, 3.05) is 0 Å². The third-order valence-electron chi connectivity index (χ3n) is 4.04. The number of halogens is 1. The maximum absolute atomic E-state index is 12.2. The predicted octanol–water partition coefficient (Wildman–Crippen LogP) is 3.36. The van der Waals surface area contributed by atoms with Gasteiger partial charge in [0, 0.05) is 10.9 Å². The minimum atomic E-state index is -1.04. The smallest absolute Gasteiger partial charge is 0.339 e. The van der Waals surface area contributed by atoms with E-state index in [0.717, 1.165) is 12.0 Å². The molecule has 1 aromatic heterocycles. The van der Waals surface area contributed by atoms with Gasteiger partial charge in [0.25, 0.3) is 0 Å². The predicted molar refractivity (Wildman–Crippen MR) is 84.6 cm³/mol. The number of hydrogen-bond acceptors (Lipinski definition) is 3. The summed E-state index contributed by atoms with van der Waals surface area (Å²) >= 11 is 5.97. The van der Waals surface area contributed by atoms with Crippen molar-refractivity contribution in [3.05, 3.63) is 58.0 Å². The van der Waals surface area contributed by atoms with Crippen molar-refractivity contribution >= 4 is 23.5 Å². The van der Waals surface area contributed by atoms with E-state index in [1.54, 1.807) is 6.92 Å². The minimum absolute atomic E-state index is 0.0547. The first kappa shape index (κ1) is 15.6. The largest absolute Gasteiger partial charge is 0.478 e. The molecule has 5 nitrogen and oxygen atoms in total. The molecule has 2 aromatic rings. The third-order valence-corrected chi connectivity index (χ3v) is 4.28. The van der Waals surface area contributed by atoms with Crippen LogP contribution in [0.3, 0.4) is 0 Å². The fourth-order valence-corrected chi connectivity index (χ4v) is 2.94. The molecule has 1 fully saturated rings. The third kappa shape index (κ3) is 3.40. The summed E-state index contributed by atoms with van der Waals surface area (Å²) in [6.45, 7) is 1.77. The van der Waals surface area contributed by atoms with Crippen molar-refractivity contribution in [1.82, 2.24) is 5.32 Å². The maximum Gasteiger partial charge on any atom is 0.339 e. The molecule has 1 aliphatic carbocycles. The molecule has 1 saturated carbocycles. The summed E-state index contributed by atoms with van der Waals surface area (Å²) in [4.78, 5) is 23.1. The van der Waals surface area contributed by atoms with Gasteiger partial charge < -0.3 is 14.8 Å². The van der Waals surface area contributed by atoms with Gasteiger partial charge in [0.1, 0.15) is 17.1 Å². The molecule has 1 amide bonds. The Kier molecular flexibility index (Phi) is 4.13. The summed E-state index contributed by atoms with van der Waals surface area (Å²) in [6.07, 6.45) is 0.795. The number of amides is 1. The quantitative estimate of drug-likeness (QED) is 0.879. The fraction of sp³-hybridized carbons (Fsp3) is 0.294. The average molecular weight is 334 g/mol. The normalized spacial score (nSPS) is 19.4. The second-order valence-corrected chi connectivity index (χ2v) is 6.15. The number of benzene rings is 1. The highest BCUT2D eigenvalue weighted by Crippen LogP contribution is 2.47. The first-order chi connectivity index (χ1) is 11.0. The number of rotatable bonds is 5. The van der Waals surface area contributed by atoms with Gasteiger partial charge in [-0.1, -0.05) is 23.7 Å². The van der Waals surface area contributed by atoms with Gasteiger partial charge in [-0.05, 0) is 43.0 Å². The Morgan fingerprint density at radius 2 is 2.17 bits per heavy atom. The molecule has 0 radical (unpaired) electrons. The lowest BCUT2D eigenvalue weighted by molar-refractivity contribution is -0.122. The van der Waals surface area contributed by atoms with Crippen molar-refractivity contribution in [3.63, 3.8) is 0 Å². The number of carboxylic acids is 1. The summed E-state index contributed by atoms with van der Waals surface area (Å²) in [5.74, 6) is -0.184. The van der Waals surface area contributed by atoms with E-state index in [2.05, 4.69) is 5.32 Å². The lowest BCUT2D eigenvalue weighted by atomic mass is 10.1. The Balaban J connectivity index is 1.57. The van der Waals surface area contributed by atoms with E-state index >= 15 is 0 Å². The Labute approximate surface area is 138 Å². The van der Waals surface area contributed by atoms with E-state index in [1.165, 1.54) is 6.07 Å². The van der Waals surface area contributed by atoms with Gasteiger partial charge in [0.05, 0.1) is 6.54 Å². The van der Waals surface area contributed by atoms with Crippen LogP contribution in [0.1, 0.15) is 39.8 Å². The zero-order valence-electron chi connectivity index (χ0n) is 12.5. The molecule has 6 heteroatoms. The van der Waals surface area contributed by atoms with Crippen molar-refractivity contribution < 1.29 is 19.1 Å². The standard InChI is InChI=1S/C17H16ClNO4/c1-9-13(17(21)22)6-12(23-9)8-19-16(20)15-7-14(15)10-3-2-4-11(18)5-10/h2-6,14-15H,7-8H2,1H3,(H,19,20)(H,21,22)/t14-,15-/m0/s1. The molecule has 0 bridgehead atoms. The van der Waals surface area contributed by atoms with Gasteiger partial charge in [0.15, 0.2) is 0 Å². The van der Waals surface area contributed by atoms with Gasteiger partial charge >= 0.3 is 5.97 Å². The number of carboxylic acid groups (broad SMARTS) is 1. The molecule has 0 unspecified atom stereocenters. The Morgan fingerprint density at radius 3 is 2.83 bits per heavy atom. The van der Waals surface area contributed by atoms with Gasteiger partial charge in [-0.25, -0.2) is 4.79 Å². The van der Waals surface area contributed by atoms with Gasteiger partial charge in [-0.3, -0.25) is 4.79 Å². The SMILES string of the molecule is Cc1oc(CNC(=O)[C@H]2C[C@H]2c2cccc(Cl)c2)cc1C(=O)O. The zero-order valence-corrected chi connectivity index (χ0v) is 13.3. The molecule has 1 aromatic carbocycles. The topological polar surface area (TPSA) is 79.5 Å². The van der Waals surface area contributed by atoms with Crippen LogP contribution >= 0.6 is 11.6 Å². The number of nitrogens with one attached hydrogen (secondary N) is 1. The molecule has 2 N–H and O–H groups in total. The fourth-order valence-electron chi connectivity index (χ4n) is 2.74. The summed E-state index contributed by atoms with van der Waals surface area (Å²) in [5, 5.41) is 12.4. The van der Waals surface area contributed by atoms with Crippen molar-refractivity contribution in [2.45, 2.75) is 25.8 Å². The van der Waals surface area contributed by atoms with Gasteiger partial charge in [0.2, 0.25) is 5.91 Å². The van der Waals surface area contributed by atoms with Gasteiger partial charge in [-0.15, -0.1) is 0 Å². The number of hydrogen-bond donors (Lipinski definition) is 2. The molecule has 0 spiro atoms. The molecule has 3 rings (SSSR count). The Bertz CT molecular complexity index is 768. The summed E-state index contributed by atoms with van der Waals surface area (Å²) in [6, 6.07) is 8.98. The Morgan fingerprint density at radius 1 is 1.39 bits per heavy atom. The lowest BCUT2D eigenvalue weighted by Gasteiger charge is -2.03. The van der Waals surface area contributed by atoms with Crippen LogP contribution < -0.4 is 5.32 Å². The number of furan rings is 1. The van der Waals surface area contributed by atoms with E-state index in [9.17, 15) is 9.59 Å². The van der Waals surface area contributed by atoms with Crippen molar-refractivity contribution in [3.8, 4) is 0 Å². The molecular weight excluding hydrogens is 318 g/mol. The second kappa shape index (κ2) is 6.08. The zero-order chi connectivity index (χ0) is 16.6. The van der Waals surface area contributed by atoms with Crippen LogP contribution in [0.15, 0.2) is 34.7 Å². The molecule has 1 aliphatic rings. The summed E-state index contributed by atoms with van der Waals surface area (Å²) in [7, 11) is 0. The van der Waals surface area contributed by atoms with Gasteiger partial charge in [-0.2, -0.15) is 0 Å². The molecular formula is C17H16ClNO4. The highest BCUT2D eigenvalue weighted by Gasteiger charge is 2.43. The highest BCUT2D eigenvalue weighted by atomic mass is 35.5. The highest BCUT2D eigenvalue weighted by molar-refractivity contribution is 6.30. The van der Waals surface area contributed by atoms with Crippen LogP contribution in [0.4, 0.5) is 0 Å². The van der Waals surface area contributed by atoms with Crippen LogP contribution in [0.5, 0.6) is 0 Å². The van der Waals surface area contributed by atoms with Crippen molar-refractivity contribution in [1.29, 1.82) is 0 Å². The maximum atomic E-state index is 12.2. The van der Waals surface area contributed by atoms with Crippen LogP contribution in [0.2, 0.25) is 5.02 Å². The minimum Gasteiger partial charge on any atom is -0.478 e. The van der Waals surface area contributed by atoms with Crippen LogP contribution in [-0.4, -0.2) is 17.0 Å². The number of aryl methyl sites for hydroxylation is 1. The van der Waals surface area contributed by atoms with Crippen molar-refractivity contribution in [2.24, 2.45) is 5.92 Å². The first-order valence-electron chi connectivity index (χ1n) is 7.31. The molecule has 2 atom stereocenters. The lowest BCUT2D eigenvalue weighted by Crippen LogP contribution is -2.24. The van der Waals surface area contributed by atoms with E-state index < -0.39 is 5.97 Å². The molecule has 0 aliphatic heterocycles. The average Bonchev–Trinajstić information content (AvgIpc) is 3.21. The molecule has 0 saturated heterocycles. The monoisotopic (exact) mass is 333 g/mol. The van der Waals surface area contributed by atoms with Crippen LogP contribution in [0, 0.1) is 12.8 Å². The van der Waals surface area contributed by atoms with E-state index in [4.69, 9.17) is 21.1 Å². The second-order valence-electron chi connectivity index (χ2n) is 5.71. The van der Waals surface area contributed by atoms with Crippen LogP contribution in [0.25, 0.3) is 0 Å². The molecule has 1 heterocycles. The first-order valence-corrected chi connectivity index (χ1v) is 7.69. The van der Waals surface area contributed by atoms with E-state index in [-0.39, 0.29) is 29.9 Å². The number of carbonyl (C=O) groups is 2.